The van der Waals surface area contributed by atoms with Crippen LogP contribution < -0.4 is 0 Å². The van der Waals surface area contributed by atoms with E-state index in [4.69, 9.17) is 4.74 Å². The molecule has 78 valence electrons. The van der Waals surface area contributed by atoms with Gasteiger partial charge in [0.25, 0.3) is 0 Å². The minimum atomic E-state index is -0.431. The van der Waals surface area contributed by atoms with Crippen LogP contribution in [-0.4, -0.2) is 17.5 Å². The predicted octanol–water partition coefficient (Wildman–Crippen LogP) is 2.34. The van der Waals surface area contributed by atoms with Gasteiger partial charge in [0, 0.05) is 0 Å². The Labute approximate surface area is 85.3 Å². The smallest absolute Gasteiger partial charge is 0.150 e. The van der Waals surface area contributed by atoms with Crippen LogP contribution in [-0.2, 0) is 9.53 Å². The summed E-state index contributed by atoms with van der Waals surface area (Å²) in [6.07, 6.45) is 4.03. The van der Waals surface area contributed by atoms with Crippen LogP contribution in [0.25, 0.3) is 0 Å². The van der Waals surface area contributed by atoms with Crippen molar-refractivity contribution in [2.24, 2.45) is 10.8 Å². The van der Waals surface area contributed by atoms with Crippen molar-refractivity contribution in [1.82, 2.24) is 0 Å². The molecule has 0 aromatic rings. The molecule has 1 saturated heterocycles. The lowest BCUT2D eigenvalue weighted by atomic mass is 9.63. The summed E-state index contributed by atoms with van der Waals surface area (Å²) in [6.45, 7) is 9.89. The first-order chi connectivity index (χ1) is 6.22. The number of carbonyl (C=O) groups excluding carboxylic acids is 1. The summed E-state index contributed by atoms with van der Waals surface area (Å²) in [5.41, 5.74) is -1.24. The minimum absolute atomic E-state index is 0.0481. The Kier molecular flexibility index (Phi) is 1.63. The van der Waals surface area contributed by atoms with Crippen LogP contribution in [0.3, 0.4) is 0 Å². The molecule has 2 aliphatic heterocycles. The van der Waals surface area contributed by atoms with Crippen molar-refractivity contribution in [1.29, 1.82) is 0 Å². The van der Waals surface area contributed by atoms with Crippen molar-refractivity contribution in [2.75, 3.05) is 0 Å². The molecule has 2 nitrogen and oxygen atoms in total. The van der Waals surface area contributed by atoms with Crippen LogP contribution in [0.15, 0.2) is 12.2 Å². The molecule has 0 spiro atoms. The van der Waals surface area contributed by atoms with Crippen LogP contribution in [0.1, 0.15) is 34.6 Å². The second-order valence-electron chi connectivity index (χ2n) is 5.68. The summed E-state index contributed by atoms with van der Waals surface area (Å²) in [5.74, 6) is 0.300. The van der Waals surface area contributed by atoms with Gasteiger partial charge < -0.3 is 4.74 Å². The number of Topliss-reactive ketones (excluding diaryl/α,β-unsaturated/α-hetero) is 1. The number of ketones is 1. The monoisotopic (exact) mass is 194 g/mol. The molecule has 2 rings (SSSR count). The molecule has 0 aromatic carbocycles. The van der Waals surface area contributed by atoms with E-state index >= 15 is 0 Å². The standard InChI is InChI=1S/C12H18O2/c1-10(2)8-6-7-12(5,14-8)11(3,4)9(10)13/h6-8H,1-5H3. The fourth-order valence-corrected chi connectivity index (χ4v) is 2.52. The molecular formula is C12H18O2. The van der Waals surface area contributed by atoms with Crippen molar-refractivity contribution in [2.45, 2.75) is 46.3 Å². The van der Waals surface area contributed by atoms with Crippen LogP contribution in [0, 0.1) is 10.8 Å². The zero-order chi connectivity index (χ0) is 10.8. The predicted molar refractivity (Wildman–Crippen MR) is 55.0 cm³/mol. The maximum absolute atomic E-state index is 12.3. The second-order valence-corrected chi connectivity index (χ2v) is 5.68. The van der Waals surface area contributed by atoms with Crippen LogP contribution >= 0.6 is 0 Å². The van der Waals surface area contributed by atoms with Crippen molar-refractivity contribution in [3.63, 3.8) is 0 Å². The molecule has 2 unspecified atom stereocenters. The Balaban J connectivity index is 2.55. The third-order valence-electron chi connectivity index (χ3n) is 4.07. The SMILES string of the molecule is CC1(C)C(=O)C(C)(C)C2(C)C=CC1O2. The van der Waals surface area contributed by atoms with E-state index in [9.17, 15) is 4.79 Å². The van der Waals surface area contributed by atoms with E-state index in [1.807, 2.05) is 46.8 Å². The Morgan fingerprint density at radius 3 is 2.36 bits per heavy atom. The largest absolute Gasteiger partial charge is 0.362 e. The number of rotatable bonds is 0. The summed E-state index contributed by atoms with van der Waals surface area (Å²) in [6, 6.07) is 0. The lowest BCUT2D eigenvalue weighted by molar-refractivity contribution is -0.187. The molecule has 0 saturated carbocycles. The fraction of sp³-hybridized carbons (Fsp3) is 0.750. The molecule has 0 N–H and O–H groups in total. The number of hydrogen-bond donors (Lipinski definition) is 0. The van der Waals surface area contributed by atoms with Crippen LogP contribution in [0.4, 0.5) is 0 Å². The molecule has 2 atom stereocenters. The fourth-order valence-electron chi connectivity index (χ4n) is 2.52. The van der Waals surface area contributed by atoms with Gasteiger partial charge in [-0.05, 0) is 20.8 Å². The minimum Gasteiger partial charge on any atom is -0.362 e. The van der Waals surface area contributed by atoms with E-state index in [1.165, 1.54) is 0 Å². The maximum Gasteiger partial charge on any atom is 0.150 e. The highest BCUT2D eigenvalue weighted by Crippen LogP contribution is 2.52. The highest BCUT2D eigenvalue weighted by atomic mass is 16.5. The van der Waals surface area contributed by atoms with Gasteiger partial charge in [-0.1, -0.05) is 26.0 Å². The summed E-state index contributed by atoms with van der Waals surface area (Å²) in [4.78, 5) is 12.3. The van der Waals surface area contributed by atoms with Crippen molar-refractivity contribution < 1.29 is 9.53 Å². The number of fused-ring (bicyclic) bond motifs is 2. The van der Waals surface area contributed by atoms with Gasteiger partial charge in [0.2, 0.25) is 0 Å². The molecule has 0 amide bonds. The summed E-state index contributed by atoms with van der Waals surface area (Å²) in [7, 11) is 0. The number of ether oxygens (including phenoxy) is 1. The maximum atomic E-state index is 12.3. The normalized spacial score (nSPS) is 42.9. The molecule has 0 aromatic heterocycles. The van der Waals surface area contributed by atoms with Gasteiger partial charge in [0.15, 0.2) is 0 Å². The lowest BCUT2D eigenvalue weighted by Crippen LogP contribution is -2.59. The number of hydrogen-bond acceptors (Lipinski definition) is 2. The topological polar surface area (TPSA) is 26.3 Å². The quantitative estimate of drug-likeness (QED) is 0.553. The van der Waals surface area contributed by atoms with Gasteiger partial charge in [0.05, 0.1) is 22.5 Å². The molecule has 0 aliphatic carbocycles. The van der Waals surface area contributed by atoms with Crippen molar-refractivity contribution in [3.8, 4) is 0 Å². The zero-order valence-electron chi connectivity index (χ0n) is 9.55. The highest BCUT2D eigenvalue weighted by molar-refractivity contribution is 5.92. The molecule has 2 bridgehead atoms. The molecule has 1 fully saturated rings. The third-order valence-corrected chi connectivity index (χ3v) is 4.07. The van der Waals surface area contributed by atoms with Crippen molar-refractivity contribution in [3.05, 3.63) is 12.2 Å². The van der Waals surface area contributed by atoms with E-state index < -0.39 is 16.4 Å². The van der Waals surface area contributed by atoms with Gasteiger partial charge in [-0.25, -0.2) is 0 Å². The molecule has 2 aliphatic rings. The average Bonchev–Trinajstić information content (AvgIpc) is 2.45. The average molecular weight is 194 g/mol. The Bertz CT molecular complexity index is 325. The third kappa shape index (κ3) is 0.876. The molecule has 2 heteroatoms. The molecule has 0 radical (unpaired) electrons. The Morgan fingerprint density at radius 1 is 1.21 bits per heavy atom. The van der Waals surface area contributed by atoms with Gasteiger partial charge in [-0.15, -0.1) is 0 Å². The summed E-state index contributed by atoms with van der Waals surface area (Å²) >= 11 is 0. The van der Waals surface area contributed by atoms with Gasteiger partial charge >= 0.3 is 0 Å². The second kappa shape index (κ2) is 2.30. The zero-order valence-corrected chi connectivity index (χ0v) is 9.55. The molecular weight excluding hydrogens is 176 g/mol. The van der Waals surface area contributed by atoms with Crippen molar-refractivity contribution >= 4 is 5.78 Å². The molecule has 2 heterocycles. The first-order valence-electron chi connectivity index (χ1n) is 5.14. The van der Waals surface area contributed by atoms with Gasteiger partial charge in [-0.2, -0.15) is 0 Å². The first kappa shape index (κ1) is 9.91. The van der Waals surface area contributed by atoms with E-state index in [1.54, 1.807) is 0 Å². The Hall–Kier alpha value is -0.630. The van der Waals surface area contributed by atoms with Gasteiger partial charge in [0.1, 0.15) is 5.78 Å². The molecule has 14 heavy (non-hydrogen) atoms. The Morgan fingerprint density at radius 2 is 1.79 bits per heavy atom. The summed E-state index contributed by atoms with van der Waals surface area (Å²) < 4.78 is 5.95. The van der Waals surface area contributed by atoms with Crippen LogP contribution in [0.5, 0.6) is 0 Å². The van der Waals surface area contributed by atoms with E-state index in [0.717, 1.165) is 0 Å². The van der Waals surface area contributed by atoms with Gasteiger partial charge in [-0.3, -0.25) is 4.79 Å². The van der Waals surface area contributed by atoms with E-state index in [2.05, 4.69) is 0 Å². The van der Waals surface area contributed by atoms with E-state index in [-0.39, 0.29) is 6.10 Å². The first-order valence-corrected chi connectivity index (χ1v) is 5.14. The lowest BCUT2D eigenvalue weighted by Gasteiger charge is -2.50. The van der Waals surface area contributed by atoms with Crippen LogP contribution in [0.2, 0.25) is 0 Å². The number of carbonyl (C=O) groups is 1. The highest BCUT2D eigenvalue weighted by Gasteiger charge is 2.61. The van der Waals surface area contributed by atoms with E-state index in [0.29, 0.717) is 5.78 Å². The summed E-state index contributed by atoms with van der Waals surface area (Å²) in [5, 5.41) is 0.